The average Bonchev–Trinajstić information content (AvgIpc) is 3.05. The van der Waals surface area contributed by atoms with E-state index in [-0.39, 0.29) is 0 Å². The van der Waals surface area contributed by atoms with Gasteiger partial charge in [-0.1, -0.05) is 0 Å². The van der Waals surface area contributed by atoms with E-state index in [1.807, 2.05) is 30.3 Å². The van der Waals surface area contributed by atoms with Gasteiger partial charge in [0.15, 0.2) is 0 Å². The van der Waals surface area contributed by atoms with E-state index in [0.717, 1.165) is 30.1 Å². The number of esters is 2. The van der Waals surface area contributed by atoms with Crippen molar-refractivity contribution < 1.29 is 19.1 Å². The molecule has 0 aliphatic heterocycles. The van der Waals surface area contributed by atoms with Gasteiger partial charge >= 0.3 is 267 Å². The van der Waals surface area contributed by atoms with Crippen LogP contribution in [0.2, 0.25) is 0 Å². The van der Waals surface area contributed by atoms with Crippen molar-refractivity contribution in [1.29, 1.82) is 0 Å². The molecule has 0 atom stereocenters. The summed E-state index contributed by atoms with van der Waals surface area (Å²) < 4.78 is 11.3. The predicted molar refractivity (Wildman–Crippen MR) is 188 cm³/mol. The molecule has 0 unspecified atom stereocenters. The van der Waals surface area contributed by atoms with Crippen LogP contribution in [0.1, 0.15) is 31.4 Å². The fraction of sp³-hybridized carbons (Fsp3) is 0.150. The summed E-state index contributed by atoms with van der Waals surface area (Å²) in [6.07, 6.45) is 5.27. The van der Waals surface area contributed by atoms with Gasteiger partial charge in [0.25, 0.3) is 0 Å². The molecule has 0 fully saturated rings. The molecule has 5 aromatic rings. The Bertz CT molecular complexity index is 1670. The van der Waals surface area contributed by atoms with Crippen LogP contribution in [-0.2, 0) is 22.4 Å². The van der Waals surface area contributed by atoms with Crippen LogP contribution in [-0.4, -0.2) is 18.1 Å². The second-order valence-corrected chi connectivity index (χ2v) is 15.2. The topological polar surface area (TPSA) is 52.6 Å². The molecule has 228 valence electrons. The predicted octanol–water partition coefficient (Wildman–Crippen LogP) is 7.59. The zero-order valence-electron chi connectivity index (χ0n) is 25.9. The van der Waals surface area contributed by atoms with Gasteiger partial charge in [0.1, 0.15) is 0 Å². The molecule has 0 bridgehead atoms. The van der Waals surface area contributed by atoms with Crippen LogP contribution in [0.5, 0.6) is 11.5 Å². The Kier molecular flexibility index (Phi) is 10.4. The Morgan fingerprint density at radius 1 is 0.622 bits per heavy atom. The van der Waals surface area contributed by atoms with Crippen LogP contribution in [0.3, 0.4) is 0 Å². The first-order chi connectivity index (χ1) is 21.9. The Labute approximate surface area is 266 Å². The molecule has 0 spiro atoms. The molecule has 0 aliphatic carbocycles. The van der Waals surface area contributed by atoms with Gasteiger partial charge in [0.05, 0.1) is 0 Å². The van der Waals surface area contributed by atoms with Crippen molar-refractivity contribution in [2.45, 2.75) is 33.1 Å². The molecular weight excluding hydrogens is 575 g/mol. The number of hydrogen-bond acceptors (Lipinski definition) is 4. The molecule has 0 amide bonds. The SMILES string of the molecule is C=CCc1ccc(OC(C)=O)c(-c2cc(CCC[PH](c3ccccc3)(c3ccccc3)c3ccccc3)ccc2OC(C)=O)c1. The van der Waals surface area contributed by atoms with Gasteiger partial charge in [-0.05, 0) is 0 Å². The fourth-order valence-corrected chi connectivity index (χ4v) is 11.0. The van der Waals surface area contributed by atoms with E-state index in [4.69, 9.17) is 9.47 Å². The molecule has 5 aromatic carbocycles. The summed E-state index contributed by atoms with van der Waals surface area (Å²) in [4.78, 5) is 24.1. The Balaban J connectivity index is 1.55. The van der Waals surface area contributed by atoms with Gasteiger partial charge in [-0.25, -0.2) is 0 Å². The molecule has 45 heavy (non-hydrogen) atoms. The number of carbonyl (C=O) groups excluding carboxylic acids is 2. The van der Waals surface area contributed by atoms with Crippen molar-refractivity contribution in [2.75, 3.05) is 6.16 Å². The van der Waals surface area contributed by atoms with Gasteiger partial charge in [0.2, 0.25) is 0 Å². The zero-order chi connectivity index (χ0) is 31.6. The maximum atomic E-state index is 12.1. The van der Waals surface area contributed by atoms with Gasteiger partial charge in [-0.15, -0.1) is 0 Å². The van der Waals surface area contributed by atoms with Crippen molar-refractivity contribution in [2.24, 2.45) is 0 Å². The first kappa shape index (κ1) is 31.6. The minimum absolute atomic E-state index is 0.412. The van der Waals surface area contributed by atoms with Gasteiger partial charge in [0, 0.05) is 0 Å². The van der Waals surface area contributed by atoms with Gasteiger partial charge < -0.3 is 0 Å². The minimum atomic E-state index is -2.37. The second-order valence-electron chi connectivity index (χ2n) is 11.2. The molecular formula is C40H39O4P. The van der Waals surface area contributed by atoms with Crippen molar-refractivity contribution in [3.05, 3.63) is 151 Å². The summed E-state index contributed by atoms with van der Waals surface area (Å²) in [6, 6.07) is 44.4. The summed E-state index contributed by atoms with van der Waals surface area (Å²) in [5, 5.41) is 4.16. The third kappa shape index (κ3) is 7.48. The number of ether oxygens (including phenoxy) is 2. The molecule has 0 saturated heterocycles. The molecule has 0 N–H and O–H groups in total. The van der Waals surface area contributed by atoms with E-state index in [9.17, 15) is 9.59 Å². The third-order valence-corrected chi connectivity index (χ3v) is 13.1. The van der Waals surface area contributed by atoms with Crippen LogP contribution in [0.25, 0.3) is 11.1 Å². The first-order valence-electron chi connectivity index (χ1n) is 15.3. The summed E-state index contributed by atoms with van der Waals surface area (Å²) in [6.45, 7) is 6.64. The molecule has 5 heteroatoms. The maximum absolute atomic E-state index is 12.1. The van der Waals surface area contributed by atoms with Crippen molar-refractivity contribution in [3.63, 3.8) is 0 Å². The number of hydrogen-bond donors (Lipinski definition) is 0. The number of allylic oxidation sites excluding steroid dienone is 1. The summed E-state index contributed by atoms with van der Waals surface area (Å²) in [7, 11) is -2.37. The summed E-state index contributed by atoms with van der Waals surface area (Å²) in [5.74, 6) is 0.0214. The quantitative estimate of drug-likeness (QED) is 0.0629. The Morgan fingerprint density at radius 3 is 1.47 bits per heavy atom. The van der Waals surface area contributed by atoms with Crippen LogP contribution in [0.15, 0.2) is 140 Å². The second kappa shape index (κ2) is 14.8. The van der Waals surface area contributed by atoms with Crippen LogP contribution < -0.4 is 25.4 Å². The Hall–Kier alpha value is -4.79. The number of aryl methyl sites for hydroxylation is 1. The molecule has 0 saturated carbocycles. The normalized spacial score (nSPS) is 11.4. The van der Waals surface area contributed by atoms with E-state index >= 15 is 0 Å². The molecule has 0 heterocycles. The first-order valence-corrected chi connectivity index (χ1v) is 17.5. The van der Waals surface area contributed by atoms with Crippen LogP contribution in [0, 0.1) is 0 Å². The van der Waals surface area contributed by atoms with E-state index in [1.165, 1.54) is 29.8 Å². The van der Waals surface area contributed by atoms with Crippen molar-refractivity contribution >= 4 is 35.1 Å². The third-order valence-electron chi connectivity index (χ3n) is 8.08. The number of carbonyl (C=O) groups is 2. The Morgan fingerprint density at radius 2 is 1.04 bits per heavy atom. The number of rotatable bonds is 12. The molecule has 0 radical (unpaired) electrons. The van der Waals surface area contributed by atoms with Crippen molar-refractivity contribution in [3.8, 4) is 22.6 Å². The van der Waals surface area contributed by atoms with Gasteiger partial charge in [-0.3, -0.25) is 0 Å². The van der Waals surface area contributed by atoms with E-state index in [0.29, 0.717) is 29.0 Å². The molecule has 0 aromatic heterocycles. The summed E-state index contributed by atoms with van der Waals surface area (Å²) >= 11 is 0. The van der Waals surface area contributed by atoms with Gasteiger partial charge in [-0.2, -0.15) is 0 Å². The fourth-order valence-electron chi connectivity index (χ4n) is 6.17. The molecule has 4 nitrogen and oxygen atoms in total. The standard InChI is InChI=1S/C40H39O4P/c1-4-15-32-23-25-39(43-30(2)41)37(28-32)38-29-33(24-26-40(38)44-31(3)42)16-14-27-45(34-17-8-5-9-18-34,35-19-10-6-11-20-35)36-21-12-7-13-22-36/h4-13,17-26,28-29,45H,1,14-16,27H2,2-3H3. The number of benzene rings is 5. The van der Waals surface area contributed by atoms with E-state index in [1.54, 1.807) is 6.07 Å². The van der Waals surface area contributed by atoms with E-state index in [2.05, 4.69) is 104 Å². The molecule has 5 rings (SSSR count). The van der Waals surface area contributed by atoms with E-state index < -0.39 is 19.2 Å². The average molecular weight is 615 g/mol. The monoisotopic (exact) mass is 614 g/mol. The van der Waals surface area contributed by atoms with Crippen LogP contribution >= 0.6 is 7.26 Å². The summed E-state index contributed by atoms with van der Waals surface area (Å²) in [5.41, 5.74) is 3.53. The van der Waals surface area contributed by atoms with Crippen molar-refractivity contribution in [1.82, 2.24) is 0 Å². The molecule has 0 aliphatic rings. The zero-order valence-corrected chi connectivity index (χ0v) is 26.9. The van der Waals surface area contributed by atoms with Crippen LogP contribution in [0.4, 0.5) is 0 Å².